The largest absolute Gasteiger partial charge is 0.360 e. The average Bonchev–Trinajstić information content (AvgIpc) is 3.39. The Morgan fingerprint density at radius 3 is 2.60 bits per heavy atom. The maximum Gasteiger partial charge on any atom is 0.263 e. The first-order valence-electron chi connectivity index (χ1n) is 11.2. The van der Waals surface area contributed by atoms with Gasteiger partial charge in [0, 0.05) is 23.8 Å². The van der Waals surface area contributed by atoms with Crippen LogP contribution in [0.5, 0.6) is 0 Å². The molecule has 0 bridgehead atoms. The predicted octanol–water partition coefficient (Wildman–Crippen LogP) is 5.63. The first-order valence-corrected chi connectivity index (χ1v) is 12.0. The zero-order valence-corrected chi connectivity index (χ0v) is 19.6. The summed E-state index contributed by atoms with van der Waals surface area (Å²) in [5.41, 5.74) is 5.85. The van der Waals surface area contributed by atoms with Gasteiger partial charge in [0.1, 0.15) is 16.7 Å². The highest BCUT2D eigenvalue weighted by molar-refractivity contribution is 7.16. The SMILES string of the molecule is CC(Nc1ncnc2scnc12)c1cc2cccc(-c3ccncc3)c2c(=O)n1-c1ccccc1. The molecule has 2 aromatic carbocycles. The lowest BCUT2D eigenvalue weighted by Gasteiger charge is -2.22. The molecule has 8 heteroatoms. The minimum absolute atomic E-state index is 0.0775. The van der Waals surface area contributed by atoms with Crippen molar-refractivity contribution in [1.82, 2.24) is 24.5 Å². The fourth-order valence-corrected chi connectivity index (χ4v) is 5.02. The molecule has 1 unspecified atom stereocenters. The van der Waals surface area contributed by atoms with Crippen LogP contribution >= 0.6 is 11.3 Å². The van der Waals surface area contributed by atoms with Crippen molar-refractivity contribution in [3.8, 4) is 16.8 Å². The average molecular weight is 477 g/mol. The molecule has 0 aliphatic rings. The lowest BCUT2D eigenvalue weighted by atomic mass is 9.98. The molecule has 0 spiro atoms. The summed E-state index contributed by atoms with van der Waals surface area (Å²) in [4.78, 5) is 32.2. The summed E-state index contributed by atoms with van der Waals surface area (Å²) in [7, 11) is 0. The van der Waals surface area contributed by atoms with Gasteiger partial charge in [-0.25, -0.2) is 15.0 Å². The van der Waals surface area contributed by atoms with E-state index in [2.05, 4.69) is 31.3 Å². The number of para-hydroxylation sites is 1. The summed E-state index contributed by atoms with van der Waals surface area (Å²) in [6, 6.07) is 21.3. The number of rotatable bonds is 5. The molecule has 7 nitrogen and oxygen atoms in total. The highest BCUT2D eigenvalue weighted by Crippen LogP contribution is 2.30. The quantitative estimate of drug-likeness (QED) is 0.347. The van der Waals surface area contributed by atoms with Crippen LogP contribution in [-0.2, 0) is 0 Å². The maximum absolute atomic E-state index is 14.2. The number of fused-ring (bicyclic) bond motifs is 2. The van der Waals surface area contributed by atoms with Crippen LogP contribution < -0.4 is 10.9 Å². The molecule has 6 rings (SSSR count). The van der Waals surface area contributed by atoms with Gasteiger partial charge >= 0.3 is 0 Å². The minimum Gasteiger partial charge on any atom is -0.360 e. The third kappa shape index (κ3) is 3.74. The summed E-state index contributed by atoms with van der Waals surface area (Å²) < 4.78 is 1.78. The molecule has 170 valence electrons. The minimum atomic E-state index is -0.239. The molecule has 4 heterocycles. The Labute approximate surface area is 204 Å². The molecular weight excluding hydrogens is 456 g/mol. The molecular formula is C27H20N6OS. The maximum atomic E-state index is 14.2. The molecule has 35 heavy (non-hydrogen) atoms. The third-order valence-electron chi connectivity index (χ3n) is 6.01. The number of aromatic nitrogens is 5. The van der Waals surface area contributed by atoms with Crippen LogP contribution in [0.4, 0.5) is 5.82 Å². The van der Waals surface area contributed by atoms with Gasteiger partial charge < -0.3 is 5.32 Å². The number of benzene rings is 2. The van der Waals surface area contributed by atoms with Crippen molar-refractivity contribution in [2.75, 3.05) is 5.32 Å². The van der Waals surface area contributed by atoms with Gasteiger partial charge in [-0.05, 0) is 53.8 Å². The van der Waals surface area contributed by atoms with Crippen molar-refractivity contribution in [2.45, 2.75) is 13.0 Å². The molecule has 4 aromatic heterocycles. The molecule has 0 aliphatic heterocycles. The van der Waals surface area contributed by atoms with Gasteiger partial charge in [0.05, 0.1) is 16.9 Å². The highest BCUT2D eigenvalue weighted by atomic mass is 32.1. The smallest absolute Gasteiger partial charge is 0.263 e. The molecule has 0 saturated heterocycles. The Morgan fingerprint density at radius 1 is 0.943 bits per heavy atom. The molecule has 1 atom stereocenters. The van der Waals surface area contributed by atoms with E-state index in [0.29, 0.717) is 11.2 Å². The van der Waals surface area contributed by atoms with Gasteiger partial charge in [-0.1, -0.05) is 36.4 Å². The van der Waals surface area contributed by atoms with E-state index >= 15 is 0 Å². The van der Waals surface area contributed by atoms with Gasteiger partial charge in [-0.2, -0.15) is 0 Å². The zero-order valence-electron chi connectivity index (χ0n) is 18.8. The Morgan fingerprint density at radius 2 is 1.77 bits per heavy atom. The first kappa shape index (κ1) is 21.1. The summed E-state index contributed by atoms with van der Waals surface area (Å²) >= 11 is 1.47. The zero-order chi connectivity index (χ0) is 23.8. The van der Waals surface area contributed by atoms with E-state index in [1.807, 2.05) is 67.6 Å². The fourth-order valence-electron chi connectivity index (χ4n) is 4.39. The monoisotopic (exact) mass is 476 g/mol. The van der Waals surface area contributed by atoms with E-state index in [4.69, 9.17) is 0 Å². The van der Waals surface area contributed by atoms with E-state index in [-0.39, 0.29) is 11.6 Å². The van der Waals surface area contributed by atoms with Crippen LogP contribution in [0.3, 0.4) is 0 Å². The first-order chi connectivity index (χ1) is 17.2. The highest BCUT2D eigenvalue weighted by Gasteiger charge is 2.20. The number of hydrogen-bond donors (Lipinski definition) is 1. The second-order valence-corrected chi connectivity index (χ2v) is 8.98. The molecule has 1 N–H and O–H groups in total. The predicted molar refractivity (Wildman–Crippen MR) is 140 cm³/mol. The molecule has 0 amide bonds. The van der Waals surface area contributed by atoms with Crippen LogP contribution in [0.2, 0.25) is 0 Å². The van der Waals surface area contributed by atoms with Crippen LogP contribution in [0.1, 0.15) is 18.7 Å². The normalized spacial score (nSPS) is 12.1. The molecule has 0 aliphatic carbocycles. The van der Waals surface area contributed by atoms with Crippen LogP contribution in [0, 0.1) is 0 Å². The Hall–Kier alpha value is -4.43. The summed E-state index contributed by atoms with van der Waals surface area (Å²) in [6.07, 6.45) is 5.01. The van der Waals surface area contributed by atoms with E-state index in [0.717, 1.165) is 38.2 Å². The van der Waals surface area contributed by atoms with Gasteiger partial charge in [-0.15, -0.1) is 11.3 Å². The molecule has 0 radical (unpaired) electrons. The van der Waals surface area contributed by atoms with Crippen molar-refractivity contribution in [3.05, 3.63) is 107 Å². The lowest BCUT2D eigenvalue weighted by molar-refractivity contribution is 0.774. The van der Waals surface area contributed by atoms with Crippen LogP contribution in [0.15, 0.2) is 95.8 Å². The number of anilines is 1. The molecule has 6 aromatic rings. The van der Waals surface area contributed by atoms with Crippen molar-refractivity contribution in [2.24, 2.45) is 0 Å². The van der Waals surface area contributed by atoms with E-state index < -0.39 is 0 Å². The van der Waals surface area contributed by atoms with Crippen LogP contribution in [0.25, 0.3) is 37.9 Å². The number of thiazole rings is 1. The Balaban J connectivity index is 1.58. The number of nitrogens with zero attached hydrogens (tertiary/aromatic N) is 5. The summed E-state index contributed by atoms with van der Waals surface area (Å²) in [6.45, 7) is 2.02. The topological polar surface area (TPSA) is 85.6 Å². The number of pyridine rings is 2. The van der Waals surface area contributed by atoms with Crippen LogP contribution in [-0.4, -0.2) is 24.5 Å². The summed E-state index contributed by atoms with van der Waals surface area (Å²) in [5.74, 6) is 0.640. The fraction of sp³-hybridized carbons (Fsp3) is 0.0741. The second kappa shape index (κ2) is 8.73. The standard InChI is InChI=1S/C27H20N6OS/c1-17(32-25-24-26(30-15-29-25)35-16-31-24)22-14-19-6-5-9-21(18-10-12-28-13-11-18)23(19)27(34)33(22)20-7-3-2-4-8-20/h2-17H,1H3,(H,29,30,32). The second-order valence-electron chi connectivity index (χ2n) is 8.15. The number of hydrogen-bond acceptors (Lipinski definition) is 7. The van der Waals surface area contributed by atoms with Gasteiger partial charge in [-0.3, -0.25) is 14.3 Å². The van der Waals surface area contributed by atoms with Gasteiger partial charge in [0.25, 0.3) is 5.56 Å². The lowest BCUT2D eigenvalue weighted by Crippen LogP contribution is -2.26. The number of nitrogens with one attached hydrogen (secondary N) is 1. The molecule has 0 saturated carbocycles. The van der Waals surface area contributed by atoms with E-state index in [1.165, 1.54) is 17.7 Å². The van der Waals surface area contributed by atoms with Crippen molar-refractivity contribution >= 4 is 38.3 Å². The van der Waals surface area contributed by atoms with Crippen molar-refractivity contribution < 1.29 is 0 Å². The van der Waals surface area contributed by atoms with Gasteiger partial charge in [0.2, 0.25) is 0 Å². The Bertz CT molecular complexity index is 1710. The van der Waals surface area contributed by atoms with Gasteiger partial charge in [0.15, 0.2) is 5.82 Å². The van der Waals surface area contributed by atoms with E-state index in [1.54, 1.807) is 22.5 Å². The van der Waals surface area contributed by atoms with E-state index in [9.17, 15) is 4.79 Å². The van der Waals surface area contributed by atoms with Crippen molar-refractivity contribution in [3.63, 3.8) is 0 Å². The Kier molecular flexibility index (Phi) is 5.27. The molecule has 0 fully saturated rings. The third-order valence-corrected chi connectivity index (χ3v) is 6.75. The van der Waals surface area contributed by atoms with Crippen molar-refractivity contribution in [1.29, 1.82) is 0 Å². The summed E-state index contributed by atoms with van der Waals surface area (Å²) in [5, 5.41) is 5.01.